The minimum Gasteiger partial charge on any atom is -0.497 e. The second-order valence-corrected chi connectivity index (χ2v) is 5.77. The van der Waals surface area contributed by atoms with E-state index in [0.29, 0.717) is 13.2 Å². The molecular weight excluding hydrogens is 304 g/mol. The molecule has 5 heteroatoms. The molecule has 0 aliphatic carbocycles. The molecule has 0 spiro atoms. The number of fused-ring (bicyclic) bond motifs is 1. The standard InChI is InChI=1S/C19H24N2O3/c1-22-14-6-8-15(9-7-14)24-11-10-21-13-17-16(18(21)12-20)4-3-5-19(17)23-2/h3-9,18H,10-13,20H2,1-2H3. The van der Waals surface area contributed by atoms with Gasteiger partial charge in [0.1, 0.15) is 23.9 Å². The Hall–Kier alpha value is -2.24. The van der Waals surface area contributed by atoms with Gasteiger partial charge in [-0.25, -0.2) is 0 Å². The Bertz CT molecular complexity index is 673. The first-order chi connectivity index (χ1) is 11.8. The molecule has 0 aromatic heterocycles. The summed E-state index contributed by atoms with van der Waals surface area (Å²) in [6, 6.07) is 14.0. The van der Waals surface area contributed by atoms with Crippen molar-refractivity contribution in [1.82, 2.24) is 4.90 Å². The van der Waals surface area contributed by atoms with E-state index in [-0.39, 0.29) is 6.04 Å². The molecule has 0 bridgehead atoms. The molecule has 128 valence electrons. The number of rotatable bonds is 7. The maximum Gasteiger partial charge on any atom is 0.123 e. The molecule has 2 aromatic carbocycles. The third-order valence-corrected chi connectivity index (χ3v) is 4.48. The molecule has 1 aliphatic heterocycles. The number of benzene rings is 2. The number of ether oxygens (including phenoxy) is 3. The second kappa shape index (κ2) is 7.55. The number of methoxy groups -OCH3 is 2. The normalized spacial score (nSPS) is 16.7. The average Bonchev–Trinajstić information content (AvgIpc) is 2.99. The highest BCUT2D eigenvalue weighted by atomic mass is 16.5. The summed E-state index contributed by atoms with van der Waals surface area (Å²) in [5.74, 6) is 2.60. The van der Waals surface area contributed by atoms with Gasteiger partial charge in [0.2, 0.25) is 0 Å². The van der Waals surface area contributed by atoms with E-state index >= 15 is 0 Å². The van der Waals surface area contributed by atoms with E-state index < -0.39 is 0 Å². The van der Waals surface area contributed by atoms with E-state index in [4.69, 9.17) is 19.9 Å². The van der Waals surface area contributed by atoms with Gasteiger partial charge in [0.25, 0.3) is 0 Å². The summed E-state index contributed by atoms with van der Waals surface area (Å²) in [6.07, 6.45) is 0. The van der Waals surface area contributed by atoms with Crippen molar-refractivity contribution in [3.05, 3.63) is 53.6 Å². The first-order valence-corrected chi connectivity index (χ1v) is 8.13. The summed E-state index contributed by atoms with van der Waals surface area (Å²) >= 11 is 0. The first-order valence-electron chi connectivity index (χ1n) is 8.13. The van der Waals surface area contributed by atoms with Crippen LogP contribution < -0.4 is 19.9 Å². The van der Waals surface area contributed by atoms with Crippen LogP contribution in [0.3, 0.4) is 0 Å². The lowest BCUT2D eigenvalue weighted by Gasteiger charge is -2.23. The maximum absolute atomic E-state index is 6.01. The fourth-order valence-corrected chi connectivity index (χ4v) is 3.23. The Labute approximate surface area is 142 Å². The van der Waals surface area contributed by atoms with Crippen LogP contribution in [-0.4, -0.2) is 38.8 Å². The number of nitrogens with zero attached hydrogens (tertiary/aromatic N) is 1. The van der Waals surface area contributed by atoms with Gasteiger partial charge in [-0.15, -0.1) is 0 Å². The van der Waals surface area contributed by atoms with Gasteiger partial charge in [-0.05, 0) is 35.9 Å². The smallest absolute Gasteiger partial charge is 0.123 e. The van der Waals surface area contributed by atoms with Crippen LogP contribution in [0.1, 0.15) is 17.2 Å². The Morgan fingerprint density at radius 2 is 1.79 bits per heavy atom. The number of nitrogens with two attached hydrogens (primary N) is 1. The van der Waals surface area contributed by atoms with Gasteiger partial charge in [-0.2, -0.15) is 0 Å². The van der Waals surface area contributed by atoms with Crippen LogP contribution >= 0.6 is 0 Å². The van der Waals surface area contributed by atoms with Gasteiger partial charge < -0.3 is 19.9 Å². The Balaban J connectivity index is 1.61. The van der Waals surface area contributed by atoms with Gasteiger partial charge in [-0.1, -0.05) is 12.1 Å². The molecule has 1 atom stereocenters. The fourth-order valence-electron chi connectivity index (χ4n) is 3.23. The van der Waals surface area contributed by atoms with Crippen LogP contribution in [0.2, 0.25) is 0 Å². The van der Waals surface area contributed by atoms with Gasteiger partial charge in [0, 0.05) is 31.2 Å². The van der Waals surface area contributed by atoms with E-state index in [1.807, 2.05) is 36.4 Å². The van der Waals surface area contributed by atoms with Crippen LogP contribution in [0, 0.1) is 0 Å². The molecule has 0 fully saturated rings. The lowest BCUT2D eigenvalue weighted by atomic mass is 10.0. The lowest BCUT2D eigenvalue weighted by molar-refractivity contribution is 0.173. The second-order valence-electron chi connectivity index (χ2n) is 5.77. The SMILES string of the molecule is COc1ccc(OCCN2Cc3c(OC)cccc3C2CN)cc1. The first kappa shape index (κ1) is 16.6. The summed E-state index contributed by atoms with van der Waals surface area (Å²) in [7, 11) is 3.37. The summed E-state index contributed by atoms with van der Waals surface area (Å²) in [5, 5.41) is 0. The topological polar surface area (TPSA) is 57.0 Å². The van der Waals surface area contributed by atoms with E-state index in [0.717, 1.165) is 30.3 Å². The molecule has 1 unspecified atom stereocenters. The number of hydrogen-bond donors (Lipinski definition) is 1. The Morgan fingerprint density at radius 1 is 1.04 bits per heavy atom. The van der Waals surface area contributed by atoms with Crippen LogP contribution in [0.4, 0.5) is 0 Å². The molecule has 0 saturated heterocycles. The van der Waals surface area contributed by atoms with Gasteiger partial charge in [0.05, 0.1) is 14.2 Å². The molecule has 0 amide bonds. The zero-order valence-electron chi connectivity index (χ0n) is 14.2. The summed E-state index contributed by atoms with van der Waals surface area (Å²) in [5.41, 5.74) is 8.51. The van der Waals surface area contributed by atoms with Crippen LogP contribution in [0.15, 0.2) is 42.5 Å². The van der Waals surface area contributed by atoms with Crippen molar-refractivity contribution in [2.75, 3.05) is 33.9 Å². The van der Waals surface area contributed by atoms with Gasteiger partial charge >= 0.3 is 0 Å². The zero-order chi connectivity index (χ0) is 16.9. The van der Waals surface area contributed by atoms with Crippen LogP contribution in [-0.2, 0) is 6.54 Å². The molecular formula is C19H24N2O3. The van der Waals surface area contributed by atoms with Crippen molar-refractivity contribution < 1.29 is 14.2 Å². The summed E-state index contributed by atoms with van der Waals surface area (Å²) in [4.78, 5) is 2.34. The number of hydrogen-bond acceptors (Lipinski definition) is 5. The van der Waals surface area contributed by atoms with Crippen molar-refractivity contribution in [2.24, 2.45) is 5.73 Å². The lowest BCUT2D eigenvalue weighted by Crippen LogP contribution is -2.31. The Kier molecular flexibility index (Phi) is 5.23. The summed E-state index contributed by atoms with van der Waals surface area (Å²) in [6.45, 7) is 2.85. The van der Waals surface area contributed by atoms with E-state index in [1.54, 1.807) is 14.2 Å². The van der Waals surface area contributed by atoms with Gasteiger partial charge in [0.15, 0.2) is 0 Å². The average molecular weight is 328 g/mol. The minimum absolute atomic E-state index is 0.217. The molecule has 2 aromatic rings. The van der Waals surface area contributed by atoms with E-state index in [1.165, 1.54) is 11.1 Å². The highest BCUT2D eigenvalue weighted by molar-refractivity contribution is 5.45. The maximum atomic E-state index is 6.01. The van der Waals surface area contributed by atoms with Gasteiger partial charge in [-0.3, -0.25) is 4.90 Å². The minimum atomic E-state index is 0.217. The molecule has 5 nitrogen and oxygen atoms in total. The third-order valence-electron chi connectivity index (χ3n) is 4.48. The molecule has 1 aliphatic rings. The van der Waals surface area contributed by atoms with Crippen molar-refractivity contribution >= 4 is 0 Å². The predicted octanol–water partition coefficient (Wildman–Crippen LogP) is 2.60. The quantitative estimate of drug-likeness (QED) is 0.847. The largest absolute Gasteiger partial charge is 0.497 e. The van der Waals surface area contributed by atoms with E-state index in [9.17, 15) is 0 Å². The molecule has 0 radical (unpaired) electrons. The molecule has 0 saturated carbocycles. The predicted molar refractivity (Wildman–Crippen MR) is 93.7 cm³/mol. The van der Waals surface area contributed by atoms with E-state index in [2.05, 4.69) is 11.0 Å². The summed E-state index contributed by atoms with van der Waals surface area (Å²) < 4.78 is 16.5. The van der Waals surface area contributed by atoms with Crippen molar-refractivity contribution in [2.45, 2.75) is 12.6 Å². The third kappa shape index (κ3) is 3.32. The molecule has 24 heavy (non-hydrogen) atoms. The zero-order valence-corrected chi connectivity index (χ0v) is 14.2. The van der Waals surface area contributed by atoms with Crippen molar-refractivity contribution in [1.29, 1.82) is 0 Å². The van der Waals surface area contributed by atoms with Crippen LogP contribution in [0.5, 0.6) is 17.2 Å². The highest BCUT2D eigenvalue weighted by Gasteiger charge is 2.30. The van der Waals surface area contributed by atoms with Crippen LogP contribution in [0.25, 0.3) is 0 Å². The van der Waals surface area contributed by atoms with Crippen molar-refractivity contribution in [3.8, 4) is 17.2 Å². The molecule has 1 heterocycles. The fraction of sp³-hybridized carbons (Fsp3) is 0.368. The van der Waals surface area contributed by atoms with Crippen molar-refractivity contribution in [3.63, 3.8) is 0 Å². The highest BCUT2D eigenvalue weighted by Crippen LogP contribution is 2.37. The monoisotopic (exact) mass is 328 g/mol. The molecule has 3 rings (SSSR count). The molecule has 2 N–H and O–H groups in total. The Morgan fingerprint density at radius 3 is 2.46 bits per heavy atom.